The number of hydrogen-bond donors (Lipinski definition) is 0. The minimum absolute atomic E-state index is 0.273. The molecule has 0 aliphatic rings. The molecule has 0 unspecified atom stereocenters. The lowest BCUT2D eigenvalue weighted by molar-refractivity contribution is 0.0922. The highest BCUT2D eigenvalue weighted by molar-refractivity contribution is 9.10. The molecule has 1 aromatic carbocycles. The summed E-state index contributed by atoms with van der Waals surface area (Å²) in [7, 11) is 0. The van der Waals surface area contributed by atoms with E-state index < -0.39 is 11.6 Å². The third-order valence-corrected chi connectivity index (χ3v) is 3.48. The Morgan fingerprint density at radius 1 is 1.39 bits per heavy atom. The van der Waals surface area contributed by atoms with Crippen molar-refractivity contribution in [2.45, 2.75) is 0 Å². The number of carbonyl (C=O) groups excluding carboxylic acids is 1. The normalized spacial score (nSPS) is 10.4. The van der Waals surface area contributed by atoms with Crippen molar-refractivity contribution in [1.29, 1.82) is 0 Å². The zero-order valence-corrected chi connectivity index (χ0v) is 11.4. The van der Waals surface area contributed by atoms with Gasteiger partial charge in [0.1, 0.15) is 0 Å². The van der Waals surface area contributed by atoms with E-state index in [1.54, 1.807) is 17.5 Å². The van der Waals surface area contributed by atoms with Gasteiger partial charge in [0, 0.05) is 4.47 Å². The van der Waals surface area contributed by atoms with Gasteiger partial charge in [0.05, 0.1) is 4.88 Å². The van der Waals surface area contributed by atoms with Crippen LogP contribution in [0, 0.1) is 11.6 Å². The largest absolute Gasteiger partial charge is 0.482 e. The van der Waals surface area contributed by atoms with Crippen LogP contribution >= 0.6 is 27.3 Å². The zero-order chi connectivity index (χ0) is 13.1. The Balaban J connectivity index is 2.09. The number of ether oxygens (including phenoxy) is 1. The topological polar surface area (TPSA) is 26.3 Å². The average Bonchev–Trinajstić information content (AvgIpc) is 2.85. The van der Waals surface area contributed by atoms with E-state index in [0.29, 0.717) is 9.35 Å². The Morgan fingerprint density at radius 3 is 2.83 bits per heavy atom. The van der Waals surface area contributed by atoms with E-state index in [4.69, 9.17) is 4.74 Å². The fourth-order valence-electron chi connectivity index (χ4n) is 1.29. The number of thiophene rings is 1. The highest BCUT2D eigenvalue weighted by atomic mass is 79.9. The maximum absolute atomic E-state index is 13.3. The van der Waals surface area contributed by atoms with Gasteiger partial charge in [0.15, 0.2) is 18.2 Å². The first-order chi connectivity index (χ1) is 8.58. The van der Waals surface area contributed by atoms with Crippen LogP contribution in [-0.4, -0.2) is 12.4 Å². The quantitative estimate of drug-likeness (QED) is 0.623. The third-order valence-electron chi connectivity index (χ3n) is 2.11. The molecule has 1 aromatic heterocycles. The molecule has 0 amide bonds. The highest BCUT2D eigenvalue weighted by Gasteiger charge is 2.14. The number of carbonyl (C=O) groups is 1. The Morgan fingerprint density at radius 2 is 2.17 bits per heavy atom. The van der Waals surface area contributed by atoms with Crippen molar-refractivity contribution in [3.05, 3.63) is 50.6 Å². The number of hydrogen-bond acceptors (Lipinski definition) is 3. The van der Waals surface area contributed by atoms with Crippen molar-refractivity contribution < 1.29 is 18.3 Å². The summed E-state index contributed by atoms with van der Waals surface area (Å²) in [6.45, 7) is -0.326. The Labute approximate surface area is 114 Å². The van der Waals surface area contributed by atoms with Crippen molar-refractivity contribution in [3.8, 4) is 5.75 Å². The van der Waals surface area contributed by atoms with Gasteiger partial charge in [-0.05, 0) is 23.6 Å². The molecule has 2 aromatic rings. The zero-order valence-electron chi connectivity index (χ0n) is 8.95. The summed E-state index contributed by atoms with van der Waals surface area (Å²) >= 11 is 4.29. The molecule has 0 saturated heterocycles. The molecular weight excluding hydrogens is 326 g/mol. The number of ketones is 1. The summed E-state index contributed by atoms with van der Waals surface area (Å²) in [6, 6.07) is 5.65. The van der Waals surface area contributed by atoms with Gasteiger partial charge in [0.25, 0.3) is 0 Å². The van der Waals surface area contributed by atoms with E-state index in [1.807, 2.05) is 0 Å². The van der Waals surface area contributed by atoms with Crippen molar-refractivity contribution in [2.24, 2.45) is 0 Å². The second kappa shape index (κ2) is 5.58. The Kier molecular flexibility index (Phi) is 4.08. The summed E-state index contributed by atoms with van der Waals surface area (Å²) < 4.78 is 31.8. The number of halogens is 3. The summed E-state index contributed by atoms with van der Waals surface area (Å²) in [5.74, 6) is -2.68. The van der Waals surface area contributed by atoms with Crippen LogP contribution < -0.4 is 4.74 Å². The third kappa shape index (κ3) is 2.94. The van der Waals surface area contributed by atoms with Crippen LogP contribution in [0.4, 0.5) is 8.78 Å². The first kappa shape index (κ1) is 13.2. The fourth-order valence-corrected chi connectivity index (χ4v) is 2.35. The molecule has 0 aliphatic carbocycles. The second-order valence-electron chi connectivity index (χ2n) is 3.39. The van der Waals surface area contributed by atoms with Crippen molar-refractivity contribution in [3.63, 3.8) is 0 Å². The van der Waals surface area contributed by atoms with Crippen LogP contribution in [0.3, 0.4) is 0 Å². The van der Waals surface area contributed by atoms with Gasteiger partial charge in [-0.25, -0.2) is 4.39 Å². The fraction of sp³-hybridized carbons (Fsp3) is 0.0833. The molecule has 0 fully saturated rings. The maximum atomic E-state index is 13.3. The minimum atomic E-state index is -1.10. The molecule has 0 aliphatic heterocycles. The molecule has 1 heterocycles. The van der Waals surface area contributed by atoms with Gasteiger partial charge in [-0.2, -0.15) is 4.39 Å². The van der Waals surface area contributed by atoms with E-state index in [0.717, 1.165) is 6.07 Å². The molecule has 0 bridgehead atoms. The molecule has 6 heteroatoms. The standard InChI is InChI=1S/C12H7BrF2O2S/c13-7-4-8(14)12(15)10(5-7)17-6-9(16)11-2-1-3-18-11/h1-5H,6H2. The molecule has 0 N–H and O–H groups in total. The second-order valence-corrected chi connectivity index (χ2v) is 5.25. The molecule has 2 rings (SSSR count). The lowest BCUT2D eigenvalue weighted by Gasteiger charge is -2.07. The number of Topliss-reactive ketones (excluding diaryl/α,β-unsaturated/α-hetero) is 1. The Hall–Kier alpha value is -1.27. The van der Waals surface area contributed by atoms with Crippen LogP contribution in [0.1, 0.15) is 9.67 Å². The summed E-state index contributed by atoms with van der Waals surface area (Å²) in [5.41, 5.74) is 0. The van der Waals surface area contributed by atoms with E-state index >= 15 is 0 Å². The molecule has 0 radical (unpaired) electrons. The maximum Gasteiger partial charge on any atom is 0.210 e. The highest BCUT2D eigenvalue weighted by Crippen LogP contribution is 2.25. The first-order valence-electron chi connectivity index (χ1n) is 4.92. The van der Waals surface area contributed by atoms with Crippen molar-refractivity contribution >= 4 is 33.0 Å². The van der Waals surface area contributed by atoms with Gasteiger partial charge in [-0.15, -0.1) is 11.3 Å². The van der Waals surface area contributed by atoms with E-state index in [9.17, 15) is 13.6 Å². The molecule has 2 nitrogen and oxygen atoms in total. The van der Waals surface area contributed by atoms with Crippen LogP contribution in [0.15, 0.2) is 34.1 Å². The molecule has 0 spiro atoms. The average molecular weight is 333 g/mol. The van der Waals surface area contributed by atoms with Crippen LogP contribution in [0.25, 0.3) is 0 Å². The van der Waals surface area contributed by atoms with Crippen LogP contribution in [-0.2, 0) is 0 Å². The predicted molar refractivity (Wildman–Crippen MR) is 68.2 cm³/mol. The molecule has 18 heavy (non-hydrogen) atoms. The van der Waals surface area contributed by atoms with Gasteiger partial charge in [0.2, 0.25) is 11.6 Å². The van der Waals surface area contributed by atoms with Crippen LogP contribution in [0.2, 0.25) is 0 Å². The van der Waals surface area contributed by atoms with Gasteiger partial charge >= 0.3 is 0 Å². The number of rotatable bonds is 4. The Bertz CT molecular complexity index is 570. The minimum Gasteiger partial charge on any atom is -0.482 e. The molecule has 0 saturated carbocycles. The van der Waals surface area contributed by atoms with Crippen molar-refractivity contribution in [1.82, 2.24) is 0 Å². The molecule has 94 valence electrons. The van der Waals surface area contributed by atoms with Crippen molar-refractivity contribution in [2.75, 3.05) is 6.61 Å². The van der Waals surface area contributed by atoms with E-state index in [2.05, 4.69) is 15.9 Å². The molecule has 0 atom stereocenters. The van der Waals surface area contributed by atoms with Gasteiger partial charge in [-0.1, -0.05) is 22.0 Å². The smallest absolute Gasteiger partial charge is 0.210 e. The molecular formula is C12H7BrF2O2S. The monoisotopic (exact) mass is 332 g/mol. The van der Waals surface area contributed by atoms with E-state index in [-0.39, 0.29) is 18.1 Å². The predicted octanol–water partition coefficient (Wildman–Crippen LogP) is 4.05. The SMILES string of the molecule is O=C(COc1cc(Br)cc(F)c1F)c1cccs1. The number of benzene rings is 1. The lowest BCUT2D eigenvalue weighted by atomic mass is 10.3. The first-order valence-corrected chi connectivity index (χ1v) is 6.59. The van der Waals surface area contributed by atoms with Gasteiger partial charge < -0.3 is 4.74 Å². The lowest BCUT2D eigenvalue weighted by Crippen LogP contribution is -2.11. The summed E-state index contributed by atoms with van der Waals surface area (Å²) in [4.78, 5) is 12.1. The van der Waals surface area contributed by atoms with E-state index in [1.165, 1.54) is 17.4 Å². The van der Waals surface area contributed by atoms with Crippen LogP contribution in [0.5, 0.6) is 5.75 Å². The summed E-state index contributed by atoms with van der Waals surface area (Å²) in [6.07, 6.45) is 0. The summed E-state index contributed by atoms with van der Waals surface area (Å²) in [5, 5.41) is 1.76. The van der Waals surface area contributed by atoms with Gasteiger partial charge in [-0.3, -0.25) is 4.79 Å².